The third kappa shape index (κ3) is 4.25. The minimum Gasteiger partial charge on any atom is -0.508 e. The number of rotatable bonds is 5. The van der Waals surface area contributed by atoms with Crippen molar-refractivity contribution in [3.05, 3.63) is 94.5 Å². The molecule has 0 aliphatic rings. The zero-order chi connectivity index (χ0) is 24.6. The summed E-state index contributed by atoms with van der Waals surface area (Å²) in [4.78, 5) is 1.85. The molecule has 0 amide bonds. The molecule has 0 heterocycles. The molecule has 0 saturated heterocycles. The minimum absolute atomic E-state index is 0.0893. The van der Waals surface area contributed by atoms with E-state index in [1.165, 1.54) is 0 Å². The molecule has 0 aromatic heterocycles. The highest BCUT2D eigenvalue weighted by Gasteiger charge is 2.26. The van der Waals surface area contributed by atoms with Crippen molar-refractivity contribution in [3.8, 4) is 28.7 Å². The number of para-hydroxylation sites is 2. The van der Waals surface area contributed by atoms with Crippen molar-refractivity contribution < 1.29 is 20.1 Å². The number of aryl methyl sites for hydroxylation is 3. The number of hydrogen-bond donors (Lipinski definition) is 3. The van der Waals surface area contributed by atoms with Gasteiger partial charge in [0.15, 0.2) is 5.75 Å². The van der Waals surface area contributed by atoms with E-state index in [1.807, 2.05) is 82.0 Å². The quantitative estimate of drug-likeness (QED) is 0.289. The Kier molecular flexibility index (Phi) is 6.12. The fourth-order valence-electron chi connectivity index (χ4n) is 4.13. The van der Waals surface area contributed by atoms with Gasteiger partial charge in [-0.1, -0.05) is 24.3 Å². The van der Waals surface area contributed by atoms with Gasteiger partial charge in [-0.3, -0.25) is 4.90 Å². The predicted molar refractivity (Wildman–Crippen MR) is 136 cm³/mol. The van der Waals surface area contributed by atoms with E-state index in [2.05, 4.69) is 0 Å². The van der Waals surface area contributed by atoms with Crippen LogP contribution in [0.15, 0.2) is 66.7 Å². The minimum atomic E-state index is 0.0893. The summed E-state index contributed by atoms with van der Waals surface area (Å²) in [5.74, 6) is 1.29. The van der Waals surface area contributed by atoms with Gasteiger partial charge in [0, 0.05) is 6.07 Å². The Balaban J connectivity index is 2.01. The number of aromatic hydroxyl groups is 3. The fourth-order valence-corrected chi connectivity index (χ4v) is 4.13. The maximum absolute atomic E-state index is 11.0. The molecular formula is C29H29NO4. The van der Waals surface area contributed by atoms with Crippen LogP contribution in [0.2, 0.25) is 0 Å². The van der Waals surface area contributed by atoms with Crippen molar-refractivity contribution in [2.45, 2.75) is 34.6 Å². The van der Waals surface area contributed by atoms with Crippen LogP contribution in [-0.4, -0.2) is 15.3 Å². The van der Waals surface area contributed by atoms with Crippen molar-refractivity contribution in [1.82, 2.24) is 0 Å². The van der Waals surface area contributed by atoms with Crippen molar-refractivity contribution in [2.75, 3.05) is 4.90 Å². The molecule has 5 heteroatoms. The monoisotopic (exact) mass is 455 g/mol. The highest BCUT2D eigenvalue weighted by Crippen LogP contribution is 2.50. The van der Waals surface area contributed by atoms with E-state index in [9.17, 15) is 15.3 Å². The first-order valence-corrected chi connectivity index (χ1v) is 11.1. The average Bonchev–Trinajstić information content (AvgIpc) is 2.78. The van der Waals surface area contributed by atoms with E-state index >= 15 is 0 Å². The van der Waals surface area contributed by atoms with E-state index in [1.54, 1.807) is 24.3 Å². The van der Waals surface area contributed by atoms with Gasteiger partial charge in [-0.15, -0.1) is 0 Å². The van der Waals surface area contributed by atoms with Crippen molar-refractivity contribution in [3.63, 3.8) is 0 Å². The molecule has 4 aromatic carbocycles. The molecule has 5 nitrogen and oxygen atoms in total. The first-order chi connectivity index (χ1) is 16.2. The standard InChI is InChI=1S/C29H29NO4/c1-17-14-22(31)16-23(15-17)34-27-9-7-6-8-24(27)30(28-20(4)18(2)10-12-25(28)32)29-21(5)19(3)11-13-26(29)33/h6-16,31-33H,1-5H3. The van der Waals surface area contributed by atoms with Crippen LogP contribution in [0.3, 0.4) is 0 Å². The lowest BCUT2D eigenvalue weighted by atomic mass is 10.0. The fraction of sp³-hybridized carbons (Fsp3) is 0.172. The third-order valence-corrected chi connectivity index (χ3v) is 6.18. The Bertz CT molecular complexity index is 1300. The van der Waals surface area contributed by atoms with Crippen LogP contribution in [-0.2, 0) is 0 Å². The molecular weight excluding hydrogens is 426 g/mol. The Morgan fingerprint density at radius 3 is 1.76 bits per heavy atom. The average molecular weight is 456 g/mol. The second-order valence-corrected chi connectivity index (χ2v) is 8.66. The molecule has 34 heavy (non-hydrogen) atoms. The van der Waals surface area contributed by atoms with Crippen molar-refractivity contribution >= 4 is 17.1 Å². The lowest BCUT2D eigenvalue weighted by Crippen LogP contribution is -2.15. The zero-order valence-electron chi connectivity index (χ0n) is 20.0. The molecule has 0 aliphatic heterocycles. The summed E-state index contributed by atoms with van der Waals surface area (Å²) < 4.78 is 6.25. The van der Waals surface area contributed by atoms with Crippen LogP contribution in [0.25, 0.3) is 0 Å². The van der Waals surface area contributed by atoms with Gasteiger partial charge in [-0.05, 0) is 98.8 Å². The summed E-state index contributed by atoms with van der Waals surface area (Å²) >= 11 is 0. The molecule has 0 unspecified atom stereocenters. The number of phenols is 3. The van der Waals surface area contributed by atoms with Gasteiger partial charge in [-0.2, -0.15) is 0 Å². The Morgan fingerprint density at radius 2 is 1.21 bits per heavy atom. The molecule has 0 radical (unpaired) electrons. The molecule has 0 bridgehead atoms. The maximum Gasteiger partial charge on any atom is 0.151 e. The number of nitrogens with zero attached hydrogens (tertiary/aromatic N) is 1. The molecule has 0 aliphatic carbocycles. The SMILES string of the molecule is Cc1cc(O)cc(Oc2ccccc2N(c2c(O)ccc(C)c2C)c2c(O)ccc(C)c2C)c1. The van der Waals surface area contributed by atoms with Crippen LogP contribution in [0, 0.1) is 34.6 Å². The number of phenolic OH excluding ortho intramolecular Hbond substituents is 3. The van der Waals surface area contributed by atoms with E-state index < -0.39 is 0 Å². The maximum atomic E-state index is 11.0. The molecule has 0 spiro atoms. The second-order valence-electron chi connectivity index (χ2n) is 8.66. The lowest BCUT2D eigenvalue weighted by molar-refractivity contribution is 0.454. The first kappa shape index (κ1) is 23.1. The normalized spacial score (nSPS) is 10.9. The van der Waals surface area contributed by atoms with Crippen LogP contribution in [0.5, 0.6) is 28.7 Å². The summed E-state index contributed by atoms with van der Waals surface area (Å²) in [7, 11) is 0. The van der Waals surface area contributed by atoms with Gasteiger partial charge >= 0.3 is 0 Å². The van der Waals surface area contributed by atoms with Crippen LogP contribution < -0.4 is 9.64 Å². The number of ether oxygens (including phenoxy) is 1. The van der Waals surface area contributed by atoms with Crippen LogP contribution in [0.4, 0.5) is 17.1 Å². The van der Waals surface area contributed by atoms with Gasteiger partial charge in [0.1, 0.15) is 23.0 Å². The second kappa shape index (κ2) is 9.02. The first-order valence-electron chi connectivity index (χ1n) is 11.1. The summed E-state index contributed by atoms with van der Waals surface area (Å²) in [6.45, 7) is 9.74. The number of anilines is 3. The topological polar surface area (TPSA) is 73.2 Å². The van der Waals surface area contributed by atoms with Gasteiger partial charge in [0.25, 0.3) is 0 Å². The Morgan fingerprint density at radius 1 is 0.647 bits per heavy atom. The van der Waals surface area contributed by atoms with Crippen LogP contribution >= 0.6 is 0 Å². The molecule has 0 saturated carbocycles. The summed E-state index contributed by atoms with van der Waals surface area (Å²) in [6.07, 6.45) is 0. The predicted octanol–water partition coefficient (Wildman–Crippen LogP) is 7.61. The van der Waals surface area contributed by atoms with Gasteiger partial charge < -0.3 is 20.1 Å². The smallest absolute Gasteiger partial charge is 0.151 e. The van der Waals surface area contributed by atoms with Gasteiger partial charge in [0.2, 0.25) is 0 Å². The summed E-state index contributed by atoms with van der Waals surface area (Å²) in [5, 5.41) is 32.1. The van der Waals surface area contributed by atoms with E-state index in [0.29, 0.717) is 28.6 Å². The summed E-state index contributed by atoms with van der Waals surface area (Å²) in [6, 6.07) is 19.6. The zero-order valence-corrected chi connectivity index (χ0v) is 20.0. The highest BCUT2D eigenvalue weighted by atomic mass is 16.5. The molecule has 174 valence electrons. The van der Waals surface area contributed by atoms with Gasteiger partial charge in [-0.25, -0.2) is 0 Å². The van der Waals surface area contributed by atoms with E-state index in [0.717, 1.165) is 27.8 Å². The molecule has 4 rings (SSSR count). The Hall–Kier alpha value is -4.12. The Labute approximate surface area is 200 Å². The molecule has 3 N–H and O–H groups in total. The highest BCUT2D eigenvalue weighted by molar-refractivity contribution is 5.89. The van der Waals surface area contributed by atoms with Crippen molar-refractivity contribution in [2.24, 2.45) is 0 Å². The molecule has 0 atom stereocenters. The largest absolute Gasteiger partial charge is 0.508 e. The van der Waals surface area contributed by atoms with Crippen molar-refractivity contribution in [1.29, 1.82) is 0 Å². The van der Waals surface area contributed by atoms with Gasteiger partial charge in [0.05, 0.1) is 17.1 Å². The lowest BCUT2D eigenvalue weighted by Gasteiger charge is -2.31. The number of benzene rings is 4. The van der Waals surface area contributed by atoms with Crippen LogP contribution in [0.1, 0.15) is 27.8 Å². The molecule has 4 aromatic rings. The van der Waals surface area contributed by atoms with E-state index in [-0.39, 0.29) is 17.2 Å². The third-order valence-electron chi connectivity index (χ3n) is 6.18. The van der Waals surface area contributed by atoms with E-state index in [4.69, 9.17) is 4.74 Å². The number of hydrogen-bond acceptors (Lipinski definition) is 5. The molecule has 0 fully saturated rings. The summed E-state index contributed by atoms with van der Waals surface area (Å²) in [5.41, 5.74) is 6.39.